The fourth-order valence-electron chi connectivity index (χ4n) is 6.29. The molecule has 0 radical (unpaired) electrons. The molecule has 19 unspecified atom stereocenters. The van der Waals surface area contributed by atoms with Crippen LogP contribution >= 0.6 is 0 Å². The lowest BCUT2D eigenvalue weighted by atomic mass is 9.96. The van der Waals surface area contributed by atoms with E-state index in [2.05, 4.69) is 0 Å². The van der Waals surface area contributed by atoms with Crippen LogP contribution in [0.2, 0.25) is 0 Å². The van der Waals surface area contributed by atoms with Crippen LogP contribution in [0.4, 0.5) is 0 Å². The Labute approximate surface area is 292 Å². The highest BCUT2D eigenvalue weighted by atomic mass is 16.8. The van der Waals surface area contributed by atoms with Crippen LogP contribution in [0.5, 0.6) is 0 Å². The molecule has 300 valence electrons. The Balaban J connectivity index is 1.50. The first-order chi connectivity index (χ1) is 24.3. The summed E-state index contributed by atoms with van der Waals surface area (Å²) < 4.78 is 44.6. The predicted octanol–water partition coefficient (Wildman–Crippen LogP) is -8.60. The van der Waals surface area contributed by atoms with Crippen LogP contribution in [0.25, 0.3) is 0 Å². The van der Waals surface area contributed by atoms with E-state index in [-0.39, 0.29) is 6.61 Å². The van der Waals surface area contributed by atoms with E-state index in [1.165, 1.54) is 0 Å². The maximum absolute atomic E-state index is 11.3. The monoisotopic (exact) mass is 751 g/mol. The smallest absolute Gasteiger partial charge is 0.187 e. The van der Waals surface area contributed by atoms with Crippen LogP contribution in [0.15, 0.2) is 0 Å². The number of hydrogen-bond donors (Lipinski definition) is 14. The van der Waals surface area contributed by atoms with E-state index in [1.807, 2.05) is 0 Å². The number of nitrogens with two attached hydrogens (primary N) is 1. The van der Waals surface area contributed by atoms with Gasteiger partial charge in [0.1, 0.15) is 97.7 Å². The van der Waals surface area contributed by atoms with Crippen LogP contribution in [0, 0.1) is 0 Å². The minimum absolute atomic E-state index is 0.125. The molecule has 0 aromatic carbocycles. The van der Waals surface area contributed by atoms with E-state index in [4.69, 9.17) is 43.6 Å². The molecule has 15 N–H and O–H groups in total. The highest BCUT2D eigenvalue weighted by Crippen LogP contribution is 2.36. The molecule has 4 aliphatic rings. The van der Waals surface area contributed by atoms with Gasteiger partial charge >= 0.3 is 0 Å². The number of ether oxygens (including phenoxy) is 8. The van der Waals surface area contributed by atoms with Gasteiger partial charge in [-0.3, -0.25) is 0 Å². The summed E-state index contributed by atoms with van der Waals surface area (Å²) in [5, 5.41) is 135. The van der Waals surface area contributed by atoms with E-state index in [1.54, 1.807) is 0 Å². The number of hydrogen-bond acceptors (Lipinski definition) is 22. The predicted molar refractivity (Wildman–Crippen MR) is 161 cm³/mol. The first-order valence-corrected chi connectivity index (χ1v) is 16.8. The SMILES string of the molecule is NCCCCCOC1OC(CO)C(O)C(OC2OC([C@H](O)CO)C(OC3OC(CO)C(O)C(OC4OC(CO)C(O)C(O)C4O)C3O)C2O)C1O. The maximum atomic E-state index is 11.3. The molecule has 20 atom stereocenters. The van der Waals surface area contributed by atoms with Crippen molar-refractivity contribution in [3.63, 3.8) is 0 Å². The molecular formula is C29H53NO21. The Kier molecular flexibility index (Phi) is 16.5. The zero-order chi connectivity index (χ0) is 37.6. The molecular weight excluding hydrogens is 698 g/mol. The fraction of sp³-hybridized carbons (Fsp3) is 1.00. The summed E-state index contributed by atoms with van der Waals surface area (Å²) in [6, 6.07) is 0. The third-order valence-electron chi connectivity index (χ3n) is 9.29. The molecule has 0 spiro atoms. The zero-order valence-electron chi connectivity index (χ0n) is 27.6. The highest BCUT2D eigenvalue weighted by Gasteiger charge is 2.56. The summed E-state index contributed by atoms with van der Waals surface area (Å²) in [4.78, 5) is 0. The van der Waals surface area contributed by atoms with Crippen molar-refractivity contribution in [2.75, 3.05) is 39.6 Å². The standard InChI is InChI=1S/C29H53NO21/c30-4-2-1-3-5-44-26-19(41)23(15(37)12(8-33)45-26)50-29-21(43)25(22(48-29)10(35)6-31)51-28-20(42)24(16(38)13(9-34)47-28)49-27-18(40)17(39)14(36)11(7-32)46-27/h10-29,31-43H,1-9,30H2/t10-,11?,12?,13?,14?,15?,16?,17?,18?,19?,20?,21?,22?,23?,24?,25?,26?,27?,28?,29?/m1/s1. The Bertz CT molecular complexity index is 1020. The van der Waals surface area contributed by atoms with Gasteiger partial charge in [-0.05, 0) is 25.8 Å². The van der Waals surface area contributed by atoms with Gasteiger partial charge in [-0.25, -0.2) is 0 Å². The molecule has 0 aromatic heterocycles. The van der Waals surface area contributed by atoms with Crippen molar-refractivity contribution in [2.24, 2.45) is 5.73 Å². The van der Waals surface area contributed by atoms with Gasteiger partial charge in [0.2, 0.25) is 0 Å². The first-order valence-electron chi connectivity index (χ1n) is 16.8. The summed E-state index contributed by atoms with van der Waals surface area (Å²) in [5.41, 5.74) is 5.49. The first kappa shape index (κ1) is 42.9. The van der Waals surface area contributed by atoms with Gasteiger partial charge in [-0.1, -0.05) is 0 Å². The van der Waals surface area contributed by atoms with Crippen LogP contribution < -0.4 is 5.73 Å². The summed E-state index contributed by atoms with van der Waals surface area (Å²) in [6.45, 7) is -2.74. The van der Waals surface area contributed by atoms with E-state index < -0.39 is 149 Å². The summed E-state index contributed by atoms with van der Waals surface area (Å²) in [6.07, 6.45) is -32.4. The molecule has 51 heavy (non-hydrogen) atoms. The van der Waals surface area contributed by atoms with Crippen LogP contribution in [0.1, 0.15) is 19.3 Å². The van der Waals surface area contributed by atoms with Crippen molar-refractivity contribution in [3.05, 3.63) is 0 Å². The minimum atomic E-state index is -2.03. The van der Waals surface area contributed by atoms with Gasteiger partial charge in [0.25, 0.3) is 0 Å². The summed E-state index contributed by atoms with van der Waals surface area (Å²) >= 11 is 0. The summed E-state index contributed by atoms with van der Waals surface area (Å²) in [7, 11) is 0. The minimum Gasteiger partial charge on any atom is -0.394 e. The molecule has 0 aromatic rings. The number of aliphatic hydroxyl groups excluding tert-OH is 13. The molecule has 22 nitrogen and oxygen atoms in total. The molecule has 4 aliphatic heterocycles. The Morgan fingerprint density at radius 2 is 0.941 bits per heavy atom. The molecule has 0 saturated carbocycles. The lowest BCUT2D eigenvalue weighted by Gasteiger charge is -2.46. The number of aliphatic hydroxyl groups is 13. The largest absolute Gasteiger partial charge is 0.394 e. The maximum Gasteiger partial charge on any atom is 0.187 e. The van der Waals surface area contributed by atoms with Crippen LogP contribution in [-0.2, 0) is 37.9 Å². The van der Waals surface area contributed by atoms with Crippen LogP contribution in [0.3, 0.4) is 0 Å². The Morgan fingerprint density at radius 1 is 0.490 bits per heavy atom. The van der Waals surface area contributed by atoms with Gasteiger partial charge in [-0.2, -0.15) is 0 Å². The van der Waals surface area contributed by atoms with E-state index in [9.17, 15) is 66.4 Å². The molecule has 4 heterocycles. The molecule has 22 heteroatoms. The Morgan fingerprint density at radius 3 is 1.47 bits per heavy atom. The molecule has 0 aliphatic carbocycles. The lowest BCUT2D eigenvalue weighted by Crippen LogP contribution is -2.65. The second kappa shape index (κ2) is 19.6. The molecule has 0 amide bonds. The van der Waals surface area contributed by atoms with Crippen molar-refractivity contribution in [2.45, 2.75) is 142 Å². The van der Waals surface area contributed by atoms with Crippen molar-refractivity contribution in [1.82, 2.24) is 0 Å². The normalized spacial score (nSPS) is 47.1. The Hall–Kier alpha value is -0.880. The van der Waals surface area contributed by atoms with Gasteiger partial charge in [-0.15, -0.1) is 0 Å². The third kappa shape index (κ3) is 9.68. The zero-order valence-corrected chi connectivity index (χ0v) is 27.6. The molecule has 4 fully saturated rings. The van der Waals surface area contributed by atoms with Crippen molar-refractivity contribution in [3.8, 4) is 0 Å². The van der Waals surface area contributed by atoms with Crippen molar-refractivity contribution < 1.29 is 104 Å². The number of rotatable bonds is 17. The lowest BCUT2D eigenvalue weighted by molar-refractivity contribution is -0.366. The average Bonchev–Trinajstić information content (AvgIpc) is 3.43. The fourth-order valence-corrected chi connectivity index (χ4v) is 6.29. The van der Waals surface area contributed by atoms with Gasteiger partial charge in [0, 0.05) is 6.61 Å². The van der Waals surface area contributed by atoms with Gasteiger partial charge < -0.3 is 110 Å². The van der Waals surface area contributed by atoms with Crippen LogP contribution in [-0.4, -0.2) is 229 Å². The second-order valence-electron chi connectivity index (χ2n) is 12.8. The average molecular weight is 752 g/mol. The quantitative estimate of drug-likeness (QED) is 0.0613. The molecule has 4 rings (SSSR count). The summed E-state index contributed by atoms with van der Waals surface area (Å²) in [5.74, 6) is 0. The molecule has 0 bridgehead atoms. The van der Waals surface area contributed by atoms with E-state index in [0.29, 0.717) is 13.0 Å². The van der Waals surface area contributed by atoms with Crippen molar-refractivity contribution >= 4 is 0 Å². The second-order valence-corrected chi connectivity index (χ2v) is 12.8. The van der Waals surface area contributed by atoms with E-state index >= 15 is 0 Å². The van der Waals surface area contributed by atoms with E-state index in [0.717, 1.165) is 12.8 Å². The highest BCUT2D eigenvalue weighted by molar-refractivity contribution is 4.98. The van der Waals surface area contributed by atoms with Gasteiger partial charge in [0.05, 0.1) is 26.4 Å². The molecule has 4 saturated heterocycles. The van der Waals surface area contributed by atoms with Gasteiger partial charge in [0.15, 0.2) is 25.2 Å². The topological polar surface area (TPSA) is 363 Å². The van der Waals surface area contributed by atoms with Crippen molar-refractivity contribution in [1.29, 1.82) is 0 Å². The third-order valence-corrected chi connectivity index (χ3v) is 9.29. The number of unbranched alkanes of at least 4 members (excludes halogenated alkanes) is 2.